The molecule has 0 aliphatic carbocycles. The molecule has 1 aliphatic rings. The average molecular weight is 264 g/mol. The van der Waals surface area contributed by atoms with E-state index in [4.69, 9.17) is 10.00 Å². The van der Waals surface area contributed by atoms with E-state index in [9.17, 15) is 9.50 Å². The molecule has 0 bridgehead atoms. The number of hydrogen-bond donors (Lipinski definition) is 1. The summed E-state index contributed by atoms with van der Waals surface area (Å²) in [6, 6.07) is 6.47. The van der Waals surface area contributed by atoms with Gasteiger partial charge >= 0.3 is 0 Å². The van der Waals surface area contributed by atoms with Crippen LogP contribution in [0.5, 0.6) is 0 Å². The molecule has 0 radical (unpaired) electrons. The Labute approximate surface area is 112 Å². The maximum Gasteiger partial charge on any atom is 0.141 e. The van der Waals surface area contributed by atoms with Gasteiger partial charge in [0, 0.05) is 26.2 Å². The van der Waals surface area contributed by atoms with Gasteiger partial charge in [-0.05, 0) is 24.1 Å². The number of hydrogen-bond acceptors (Lipinski definition) is 4. The van der Waals surface area contributed by atoms with Crippen molar-refractivity contribution in [2.24, 2.45) is 0 Å². The summed E-state index contributed by atoms with van der Waals surface area (Å²) in [5.74, 6) is -0.497. The molecule has 0 aromatic heterocycles. The van der Waals surface area contributed by atoms with Gasteiger partial charge < -0.3 is 9.84 Å². The number of benzene rings is 1. The minimum atomic E-state index is -0.497. The summed E-state index contributed by atoms with van der Waals surface area (Å²) in [6.45, 7) is 1.34. The summed E-state index contributed by atoms with van der Waals surface area (Å²) in [4.78, 5) is 2.08. The number of nitrogens with zero attached hydrogens (tertiary/aromatic N) is 2. The Bertz CT molecular complexity index is 487. The molecule has 0 unspecified atom stereocenters. The van der Waals surface area contributed by atoms with E-state index in [1.165, 1.54) is 12.1 Å². The van der Waals surface area contributed by atoms with Crippen LogP contribution < -0.4 is 0 Å². The minimum Gasteiger partial charge on any atom is -0.395 e. The molecular weight excluding hydrogens is 247 g/mol. The number of rotatable bonds is 4. The molecule has 0 amide bonds. The fourth-order valence-corrected chi connectivity index (χ4v) is 2.47. The van der Waals surface area contributed by atoms with Gasteiger partial charge in [0.15, 0.2) is 0 Å². The highest BCUT2D eigenvalue weighted by molar-refractivity contribution is 5.33. The Hall–Kier alpha value is -1.48. The van der Waals surface area contributed by atoms with Gasteiger partial charge in [-0.15, -0.1) is 0 Å². The minimum absolute atomic E-state index is 0.0451. The van der Waals surface area contributed by atoms with Crippen molar-refractivity contribution in [3.63, 3.8) is 0 Å². The van der Waals surface area contributed by atoms with Gasteiger partial charge in [-0.2, -0.15) is 5.26 Å². The maximum absolute atomic E-state index is 13.5. The van der Waals surface area contributed by atoms with Gasteiger partial charge in [0.2, 0.25) is 0 Å². The number of aliphatic hydroxyl groups excluding tert-OH is 1. The largest absolute Gasteiger partial charge is 0.395 e. The van der Waals surface area contributed by atoms with Gasteiger partial charge in [-0.1, -0.05) is 6.07 Å². The fourth-order valence-electron chi connectivity index (χ4n) is 2.47. The van der Waals surface area contributed by atoms with Crippen LogP contribution in [0.4, 0.5) is 4.39 Å². The van der Waals surface area contributed by atoms with Crippen molar-refractivity contribution < 1.29 is 14.2 Å². The molecule has 1 heterocycles. The molecule has 1 aromatic carbocycles. The van der Waals surface area contributed by atoms with E-state index in [1.807, 2.05) is 0 Å². The Balaban J connectivity index is 2.08. The molecular formula is C14H17FN2O2. The average Bonchev–Trinajstić information content (AvgIpc) is 2.81. The normalized spacial score (nSPS) is 23.5. The van der Waals surface area contributed by atoms with Crippen molar-refractivity contribution in [1.82, 2.24) is 4.90 Å². The first kappa shape index (κ1) is 13.9. The van der Waals surface area contributed by atoms with Gasteiger partial charge in [-0.25, -0.2) is 4.39 Å². The third kappa shape index (κ3) is 3.10. The van der Waals surface area contributed by atoms with Gasteiger partial charge in [0.05, 0.1) is 18.3 Å². The number of likely N-dealkylation sites (tertiary alicyclic amines) is 1. The second kappa shape index (κ2) is 6.11. The monoisotopic (exact) mass is 264 g/mol. The molecule has 1 fully saturated rings. The molecule has 102 valence electrons. The Kier molecular flexibility index (Phi) is 4.48. The van der Waals surface area contributed by atoms with Crippen molar-refractivity contribution in [2.45, 2.75) is 25.1 Å². The SMILES string of the molecule is CO[C@H]1C[C@@H](CO)N(Cc2ccc(C#N)c(F)c2)C1. The number of ether oxygens (including phenoxy) is 1. The van der Waals surface area contributed by atoms with Crippen LogP contribution in [0.25, 0.3) is 0 Å². The zero-order chi connectivity index (χ0) is 13.8. The molecule has 4 nitrogen and oxygen atoms in total. The highest BCUT2D eigenvalue weighted by Crippen LogP contribution is 2.22. The van der Waals surface area contributed by atoms with Crippen molar-refractivity contribution in [2.75, 3.05) is 20.3 Å². The highest BCUT2D eigenvalue weighted by Gasteiger charge is 2.31. The van der Waals surface area contributed by atoms with Crippen molar-refractivity contribution >= 4 is 0 Å². The topological polar surface area (TPSA) is 56.5 Å². The first-order chi connectivity index (χ1) is 9.17. The maximum atomic E-state index is 13.5. The van der Waals surface area contributed by atoms with Crippen LogP contribution in [-0.2, 0) is 11.3 Å². The Morgan fingerprint density at radius 3 is 2.95 bits per heavy atom. The van der Waals surface area contributed by atoms with E-state index >= 15 is 0 Å². The summed E-state index contributed by atoms with van der Waals surface area (Å²) in [6.07, 6.45) is 0.895. The second-order valence-electron chi connectivity index (χ2n) is 4.79. The number of aliphatic hydroxyl groups is 1. The Morgan fingerprint density at radius 1 is 1.58 bits per heavy atom. The van der Waals surface area contributed by atoms with E-state index in [0.717, 1.165) is 18.5 Å². The van der Waals surface area contributed by atoms with E-state index in [-0.39, 0.29) is 24.3 Å². The standard InChI is InChI=1S/C14H17FN2O2/c1-19-13-5-12(9-18)17(8-13)7-10-2-3-11(6-16)14(15)4-10/h2-4,12-13,18H,5,7-9H2,1H3/t12-,13-/m0/s1. The van der Waals surface area contributed by atoms with Gasteiger partial charge in [-0.3, -0.25) is 4.90 Å². The second-order valence-corrected chi connectivity index (χ2v) is 4.79. The molecule has 0 spiro atoms. The first-order valence-corrected chi connectivity index (χ1v) is 6.24. The lowest BCUT2D eigenvalue weighted by atomic mass is 10.1. The van der Waals surface area contributed by atoms with E-state index in [1.54, 1.807) is 19.2 Å². The predicted octanol–water partition coefficient (Wildman–Crippen LogP) is 1.28. The Morgan fingerprint density at radius 2 is 2.37 bits per heavy atom. The van der Waals surface area contributed by atoms with Crippen LogP contribution in [0, 0.1) is 17.1 Å². The summed E-state index contributed by atoms with van der Waals surface area (Å²) < 4.78 is 18.8. The lowest BCUT2D eigenvalue weighted by molar-refractivity contribution is 0.107. The van der Waals surface area contributed by atoms with Crippen molar-refractivity contribution in [3.8, 4) is 6.07 Å². The molecule has 1 N–H and O–H groups in total. The molecule has 2 rings (SSSR count). The third-order valence-electron chi connectivity index (χ3n) is 3.57. The zero-order valence-corrected chi connectivity index (χ0v) is 10.8. The van der Waals surface area contributed by atoms with Crippen LogP contribution in [0.15, 0.2) is 18.2 Å². The number of nitriles is 1. The molecule has 0 saturated carbocycles. The quantitative estimate of drug-likeness (QED) is 0.890. The lowest BCUT2D eigenvalue weighted by Gasteiger charge is -2.22. The van der Waals surface area contributed by atoms with E-state index < -0.39 is 5.82 Å². The zero-order valence-electron chi connectivity index (χ0n) is 10.8. The van der Waals surface area contributed by atoms with Gasteiger partial charge in [0.1, 0.15) is 11.9 Å². The van der Waals surface area contributed by atoms with Crippen LogP contribution >= 0.6 is 0 Å². The number of methoxy groups -OCH3 is 1. The number of halogens is 1. The third-order valence-corrected chi connectivity index (χ3v) is 3.57. The molecule has 1 saturated heterocycles. The van der Waals surface area contributed by atoms with Crippen molar-refractivity contribution in [3.05, 3.63) is 35.1 Å². The van der Waals surface area contributed by atoms with E-state index in [0.29, 0.717) is 6.54 Å². The predicted molar refractivity (Wildman–Crippen MR) is 67.8 cm³/mol. The first-order valence-electron chi connectivity index (χ1n) is 6.24. The smallest absolute Gasteiger partial charge is 0.141 e. The summed E-state index contributed by atoms with van der Waals surface area (Å²) in [5, 5.41) is 18.0. The van der Waals surface area contributed by atoms with Crippen LogP contribution in [0.2, 0.25) is 0 Å². The van der Waals surface area contributed by atoms with Crippen LogP contribution in [0.1, 0.15) is 17.5 Å². The molecule has 2 atom stereocenters. The van der Waals surface area contributed by atoms with Gasteiger partial charge in [0.25, 0.3) is 0 Å². The van der Waals surface area contributed by atoms with Crippen molar-refractivity contribution in [1.29, 1.82) is 5.26 Å². The van der Waals surface area contributed by atoms with E-state index in [2.05, 4.69) is 4.90 Å². The molecule has 19 heavy (non-hydrogen) atoms. The fraction of sp³-hybridized carbons (Fsp3) is 0.500. The lowest BCUT2D eigenvalue weighted by Crippen LogP contribution is -2.32. The molecule has 1 aliphatic heterocycles. The molecule has 1 aromatic rings. The highest BCUT2D eigenvalue weighted by atomic mass is 19.1. The summed E-state index contributed by atoms with van der Waals surface area (Å²) in [5.41, 5.74) is 0.852. The van der Waals surface area contributed by atoms with Crippen LogP contribution in [-0.4, -0.2) is 42.4 Å². The van der Waals surface area contributed by atoms with Crippen LogP contribution in [0.3, 0.4) is 0 Å². The molecule has 5 heteroatoms. The summed E-state index contributed by atoms with van der Waals surface area (Å²) >= 11 is 0. The summed E-state index contributed by atoms with van der Waals surface area (Å²) in [7, 11) is 1.66.